The Morgan fingerprint density at radius 2 is 1.90 bits per heavy atom. The van der Waals surface area contributed by atoms with Crippen molar-refractivity contribution < 1.29 is 8.78 Å². The largest absolute Gasteiger partial charge is 0.348 e. The zero-order valence-electron chi connectivity index (χ0n) is 12.2. The minimum absolute atomic E-state index is 0.125. The summed E-state index contributed by atoms with van der Waals surface area (Å²) in [5, 5.41) is 0. The molecule has 0 bridgehead atoms. The van der Waals surface area contributed by atoms with Gasteiger partial charge in [-0.05, 0) is 61.9 Å². The van der Waals surface area contributed by atoms with Crippen molar-refractivity contribution in [3.63, 3.8) is 0 Å². The van der Waals surface area contributed by atoms with Gasteiger partial charge in [0.25, 0.3) is 0 Å². The van der Waals surface area contributed by atoms with Gasteiger partial charge >= 0.3 is 0 Å². The van der Waals surface area contributed by atoms with Gasteiger partial charge in [-0.2, -0.15) is 0 Å². The summed E-state index contributed by atoms with van der Waals surface area (Å²) < 4.78 is 28.7. The van der Waals surface area contributed by atoms with Crippen LogP contribution in [0, 0.1) is 18.6 Å². The van der Waals surface area contributed by atoms with Gasteiger partial charge in [0.05, 0.1) is 0 Å². The lowest BCUT2D eigenvalue weighted by Crippen LogP contribution is -2.18. The summed E-state index contributed by atoms with van der Waals surface area (Å²) in [5.41, 5.74) is 10.6. The van der Waals surface area contributed by atoms with E-state index in [4.69, 9.17) is 5.73 Å². The Balaban J connectivity index is 1.82. The van der Waals surface area contributed by atoms with Crippen molar-refractivity contribution in [3.8, 4) is 0 Å². The molecule has 0 saturated heterocycles. The van der Waals surface area contributed by atoms with Crippen molar-refractivity contribution in [1.82, 2.24) is 4.57 Å². The van der Waals surface area contributed by atoms with E-state index < -0.39 is 11.6 Å². The molecule has 1 aromatic carbocycles. The number of aryl methyl sites for hydroxylation is 2. The molecule has 0 radical (unpaired) electrons. The standard InChI is InChI=1S/C17H20F2N2/c1-11-7-15-16(20)3-2-4-17(15)21(11)6-5-12-8-13(18)10-14(19)9-12/h7-10,16H,2-6,20H2,1H3. The molecule has 0 fully saturated rings. The maximum absolute atomic E-state index is 13.2. The van der Waals surface area contributed by atoms with Crippen LogP contribution in [-0.2, 0) is 19.4 Å². The Morgan fingerprint density at radius 3 is 2.62 bits per heavy atom. The molecule has 112 valence electrons. The number of benzene rings is 1. The Morgan fingerprint density at radius 1 is 1.19 bits per heavy atom. The van der Waals surface area contributed by atoms with E-state index in [2.05, 4.69) is 17.6 Å². The lowest BCUT2D eigenvalue weighted by Gasteiger charge is -2.21. The monoisotopic (exact) mass is 290 g/mol. The van der Waals surface area contributed by atoms with Gasteiger partial charge < -0.3 is 10.3 Å². The second kappa shape index (κ2) is 5.60. The molecule has 2 aromatic rings. The fraction of sp³-hybridized carbons (Fsp3) is 0.412. The van der Waals surface area contributed by atoms with Crippen LogP contribution < -0.4 is 5.73 Å². The topological polar surface area (TPSA) is 30.9 Å². The summed E-state index contributed by atoms with van der Waals surface area (Å²) in [6, 6.07) is 6.00. The molecule has 2 N–H and O–H groups in total. The Kier molecular flexibility index (Phi) is 3.81. The first kappa shape index (κ1) is 14.3. The van der Waals surface area contributed by atoms with Crippen LogP contribution in [0.25, 0.3) is 0 Å². The van der Waals surface area contributed by atoms with Crippen LogP contribution in [0.2, 0.25) is 0 Å². The molecular weight excluding hydrogens is 270 g/mol. The number of hydrogen-bond donors (Lipinski definition) is 1. The van der Waals surface area contributed by atoms with E-state index >= 15 is 0 Å². The molecule has 1 aromatic heterocycles. The van der Waals surface area contributed by atoms with Crippen molar-refractivity contribution in [2.24, 2.45) is 5.73 Å². The molecule has 0 saturated carbocycles. The van der Waals surface area contributed by atoms with Gasteiger partial charge in [0.15, 0.2) is 0 Å². The van der Waals surface area contributed by atoms with E-state index in [0.717, 1.165) is 31.9 Å². The van der Waals surface area contributed by atoms with E-state index in [9.17, 15) is 8.78 Å². The number of rotatable bonds is 3. The number of nitrogens with zero attached hydrogens (tertiary/aromatic N) is 1. The number of fused-ring (bicyclic) bond motifs is 1. The average Bonchev–Trinajstić information content (AvgIpc) is 2.73. The SMILES string of the molecule is Cc1cc2c(n1CCc1cc(F)cc(F)c1)CCCC2N. The summed E-state index contributed by atoms with van der Waals surface area (Å²) in [7, 11) is 0. The van der Waals surface area contributed by atoms with Gasteiger partial charge in [-0.25, -0.2) is 8.78 Å². The number of halogens is 2. The van der Waals surface area contributed by atoms with Crippen molar-refractivity contribution >= 4 is 0 Å². The fourth-order valence-corrected chi connectivity index (χ4v) is 3.31. The summed E-state index contributed by atoms with van der Waals surface area (Å²) >= 11 is 0. The van der Waals surface area contributed by atoms with Crippen LogP contribution in [-0.4, -0.2) is 4.57 Å². The van der Waals surface area contributed by atoms with Crippen LogP contribution in [0.3, 0.4) is 0 Å². The Labute approximate surface area is 123 Å². The number of hydrogen-bond acceptors (Lipinski definition) is 1. The molecule has 0 aliphatic heterocycles. The quantitative estimate of drug-likeness (QED) is 0.919. The molecule has 0 amide bonds. The van der Waals surface area contributed by atoms with E-state index in [1.807, 2.05) is 0 Å². The van der Waals surface area contributed by atoms with Crippen molar-refractivity contribution in [3.05, 3.63) is 58.4 Å². The first-order valence-electron chi connectivity index (χ1n) is 7.44. The average molecular weight is 290 g/mol. The predicted molar refractivity (Wildman–Crippen MR) is 79.1 cm³/mol. The van der Waals surface area contributed by atoms with Crippen molar-refractivity contribution in [2.45, 2.75) is 45.2 Å². The molecule has 1 aliphatic carbocycles. The second-order valence-corrected chi connectivity index (χ2v) is 5.87. The highest BCUT2D eigenvalue weighted by Gasteiger charge is 2.21. The first-order chi connectivity index (χ1) is 10.0. The Bertz CT molecular complexity index is 641. The molecule has 0 spiro atoms. The van der Waals surface area contributed by atoms with E-state index in [1.165, 1.54) is 29.1 Å². The van der Waals surface area contributed by atoms with Crippen LogP contribution in [0.4, 0.5) is 8.78 Å². The van der Waals surface area contributed by atoms with Crippen molar-refractivity contribution in [2.75, 3.05) is 0 Å². The zero-order valence-corrected chi connectivity index (χ0v) is 12.2. The molecule has 2 nitrogen and oxygen atoms in total. The fourth-order valence-electron chi connectivity index (χ4n) is 3.31. The first-order valence-corrected chi connectivity index (χ1v) is 7.44. The third-order valence-electron chi connectivity index (χ3n) is 4.32. The summed E-state index contributed by atoms with van der Waals surface area (Å²) in [5.74, 6) is -1.03. The maximum atomic E-state index is 13.2. The summed E-state index contributed by atoms with van der Waals surface area (Å²) in [4.78, 5) is 0. The predicted octanol–water partition coefficient (Wildman–Crippen LogP) is 3.65. The number of aromatic nitrogens is 1. The lowest BCUT2D eigenvalue weighted by molar-refractivity contribution is 0.534. The highest BCUT2D eigenvalue weighted by atomic mass is 19.1. The highest BCUT2D eigenvalue weighted by Crippen LogP contribution is 2.30. The zero-order chi connectivity index (χ0) is 15.0. The van der Waals surface area contributed by atoms with Gasteiger partial charge in [-0.15, -0.1) is 0 Å². The summed E-state index contributed by atoms with van der Waals surface area (Å²) in [6.07, 6.45) is 3.79. The molecule has 1 heterocycles. The highest BCUT2D eigenvalue weighted by molar-refractivity contribution is 5.32. The third kappa shape index (κ3) is 2.86. The van der Waals surface area contributed by atoms with Crippen LogP contribution in [0.1, 0.15) is 41.4 Å². The van der Waals surface area contributed by atoms with Gasteiger partial charge in [0, 0.05) is 30.0 Å². The maximum Gasteiger partial charge on any atom is 0.126 e. The number of nitrogens with two attached hydrogens (primary N) is 1. The molecule has 1 atom stereocenters. The molecule has 1 aliphatic rings. The van der Waals surface area contributed by atoms with E-state index in [-0.39, 0.29) is 6.04 Å². The summed E-state index contributed by atoms with van der Waals surface area (Å²) in [6.45, 7) is 2.80. The molecule has 1 unspecified atom stereocenters. The Hall–Kier alpha value is -1.68. The van der Waals surface area contributed by atoms with E-state index in [0.29, 0.717) is 12.0 Å². The van der Waals surface area contributed by atoms with E-state index in [1.54, 1.807) is 0 Å². The van der Waals surface area contributed by atoms with Gasteiger partial charge in [-0.3, -0.25) is 0 Å². The molecule has 21 heavy (non-hydrogen) atoms. The van der Waals surface area contributed by atoms with Crippen molar-refractivity contribution in [1.29, 1.82) is 0 Å². The normalized spacial score (nSPS) is 17.8. The van der Waals surface area contributed by atoms with Gasteiger partial charge in [0.1, 0.15) is 11.6 Å². The molecule has 3 rings (SSSR count). The van der Waals surface area contributed by atoms with Crippen LogP contribution in [0.15, 0.2) is 24.3 Å². The third-order valence-corrected chi connectivity index (χ3v) is 4.32. The minimum atomic E-state index is -0.515. The second-order valence-electron chi connectivity index (χ2n) is 5.87. The van der Waals surface area contributed by atoms with Crippen LogP contribution >= 0.6 is 0 Å². The minimum Gasteiger partial charge on any atom is -0.348 e. The lowest BCUT2D eigenvalue weighted by atomic mass is 9.93. The van der Waals surface area contributed by atoms with Gasteiger partial charge in [0.2, 0.25) is 0 Å². The molecule has 4 heteroatoms. The smallest absolute Gasteiger partial charge is 0.126 e. The van der Waals surface area contributed by atoms with Crippen LogP contribution in [0.5, 0.6) is 0 Å². The van der Waals surface area contributed by atoms with Gasteiger partial charge in [-0.1, -0.05) is 0 Å². The molecular formula is C17H20F2N2.